The number of imide groups is 1. The first kappa shape index (κ1) is 21.0. The zero-order valence-electron chi connectivity index (χ0n) is 17.8. The SMILES string of the molecule is CC(C)CCN1C(=O)N(Cc2cccnc2)C(=O)C12CCN(Cc1ccsc1)CC2. The molecule has 3 amide bonds. The molecule has 0 atom stereocenters. The minimum Gasteiger partial charge on any atom is -0.309 e. The van der Waals surface area contributed by atoms with E-state index in [0.717, 1.165) is 31.6 Å². The molecule has 2 fully saturated rings. The molecule has 0 unspecified atom stereocenters. The van der Waals surface area contributed by atoms with Gasteiger partial charge in [-0.3, -0.25) is 19.6 Å². The van der Waals surface area contributed by atoms with Gasteiger partial charge in [0.05, 0.1) is 6.54 Å². The first-order chi connectivity index (χ1) is 14.5. The highest BCUT2D eigenvalue weighted by Crippen LogP contribution is 2.38. The Labute approximate surface area is 182 Å². The standard InChI is InChI=1S/C23H30N4O2S/c1-18(2)5-10-27-22(29)26(16-19-4-3-9-24-14-19)21(28)23(27)7-11-25(12-8-23)15-20-6-13-30-17-20/h3-4,6,9,13-14,17-18H,5,7-8,10-12,15-16H2,1-2H3. The van der Waals surface area contributed by atoms with Gasteiger partial charge in [-0.25, -0.2) is 4.79 Å². The van der Waals surface area contributed by atoms with Crippen LogP contribution in [-0.4, -0.2) is 56.8 Å². The Kier molecular flexibility index (Phi) is 6.20. The Morgan fingerprint density at radius 1 is 1.13 bits per heavy atom. The maximum Gasteiger partial charge on any atom is 0.327 e. The Morgan fingerprint density at radius 3 is 2.57 bits per heavy atom. The summed E-state index contributed by atoms with van der Waals surface area (Å²) < 4.78 is 0. The van der Waals surface area contributed by atoms with E-state index in [1.54, 1.807) is 23.7 Å². The van der Waals surface area contributed by atoms with E-state index >= 15 is 0 Å². The van der Waals surface area contributed by atoms with E-state index in [1.807, 2.05) is 17.0 Å². The fourth-order valence-electron chi connectivity index (χ4n) is 4.50. The number of carbonyl (C=O) groups is 2. The summed E-state index contributed by atoms with van der Waals surface area (Å²) in [6.07, 6.45) is 5.73. The molecule has 160 valence electrons. The minimum absolute atomic E-state index is 0.0321. The van der Waals surface area contributed by atoms with Gasteiger partial charge in [-0.15, -0.1) is 0 Å². The molecular formula is C23H30N4O2S. The number of aromatic nitrogens is 1. The first-order valence-electron chi connectivity index (χ1n) is 10.8. The third-order valence-electron chi connectivity index (χ3n) is 6.28. The van der Waals surface area contributed by atoms with E-state index in [0.29, 0.717) is 31.8 Å². The van der Waals surface area contributed by atoms with Crippen molar-refractivity contribution >= 4 is 23.3 Å². The lowest BCUT2D eigenvalue weighted by molar-refractivity contribution is -0.136. The average Bonchev–Trinajstić information content (AvgIpc) is 3.31. The van der Waals surface area contributed by atoms with Crippen molar-refractivity contribution in [2.75, 3.05) is 19.6 Å². The molecule has 2 aromatic heterocycles. The second kappa shape index (κ2) is 8.86. The second-order valence-electron chi connectivity index (χ2n) is 8.81. The van der Waals surface area contributed by atoms with Crippen molar-refractivity contribution in [3.05, 3.63) is 52.5 Å². The fraction of sp³-hybridized carbons (Fsp3) is 0.522. The van der Waals surface area contributed by atoms with Crippen LogP contribution < -0.4 is 0 Å². The number of nitrogens with zero attached hydrogens (tertiary/aromatic N) is 4. The van der Waals surface area contributed by atoms with Crippen LogP contribution in [0.4, 0.5) is 4.79 Å². The number of rotatable bonds is 7. The molecule has 1 spiro atoms. The van der Waals surface area contributed by atoms with Crippen molar-refractivity contribution in [3.63, 3.8) is 0 Å². The van der Waals surface area contributed by atoms with Crippen LogP contribution in [0.1, 0.15) is 44.2 Å². The number of thiophene rings is 1. The summed E-state index contributed by atoms with van der Waals surface area (Å²) in [7, 11) is 0. The maximum atomic E-state index is 13.6. The number of carbonyl (C=O) groups excluding carboxylic acids is 2. The van der Waals surface area contributed by atoms with Gasteiger partial charge >= 0.3 is 6.03 Å². The summed E-state index contributed by atoms with van der Waals surface area (Å²) in [6, 6.07) is 5.77. The van der Waals surface area contributed by atoms with Crippen LogP contribution in [-0.2, 0) is 17.9 Å². The van der Waals surface area contributed by atoms with Gasteiger partial charge < -0.3 is 4.90 Å². The minimum atomic E-state index is -0.695. The van der Waals surface area contributed by atoms with Gasteiger partial charge in [0.15, 0.2) is 0 Å². The van der Waals surface area contributed by atoms with Crippen LogP contribution in [0, 0.1) is 5.92 Å². The van der Waals surface area contributed by atoms with Gasteiger partial charge in [-0.05, 0) is 59.2 Å². The van der Waals surface area contributed by atoms with Crippen LogP contribution in [0.2, 0.25) is 0 Å². The number of piperidine rings is 1. The van der Waals surface area contributed by atoms with Gasteiger partial charge in [0.2, 0.25) is 0 Å². The van der Waals surface area contributed by atoms with Gasteiger partial charge in [0.25, 0.3) is 5.91 Å². The maximum absolute atomic E-state index is 13.6. The number of urea groups is 1. The second-order valence-corrected chi connectivity index (χ2v) is 9.59. The monoisotopic (exact) mass is 426 g/mol. The quantitative estimate of drug-likeness (QED) is 0.628. The third kappa shape index (κ3) is 4.14. The highest BCUT2D eigenvalue weighted by atomic mass is 32.1. The van der Waals surface area contributed by atoms with E-state index in [4.69, 9.17) is 0 Å². The molecule has 2 aliphatic heterocycles. The highest BCUT2D eigenvalue weighted by molar-refractivity contribution is 7.07. The van der Waals surface area contributed by atoms with Crippen LogP contribution in [0.5, 0.6) is 0 Å². The molecule has 2 saturated heterocycles. The molecule has 2 aromatic rings. The first-order valence-corrected chi connectivity index (χ1v) is 11.7. The van der Waals surface area contributed by atoms with Crippen molar-refractivity contribution in [1.82, 2.24) is 19.7 Å². The third-order valence-corrected chi connectivity index (χ3v) is 7.02. The Morgan fingerprint density at radius 2 is 1.93 bits per heavy atom. The van der Waals surface area contributed by atoms with Crippen LogP contribution >= 0.6 is 11.3 Å². The number of amides is 3. The number of pyridine rings is 1. The predicted molar refractivity (Wildman–Crippen MR) is 118 cm³/mol. The Balaban J connectivity index is 1.52. The van der Waals surface area contributed by atoms with Gasteiger partial charge in [-0.1, -0.05) is 19.9 Å². The van der Waals surface area contributed by atoms with E-state index < -0.39 is 5.54 Å². The summed E-state index contributed by atoms with van der Waals surface area (Å²) in [5.41, 5.74) is 1.51. The Hall–Kier alpha value is -2.25. The molecule has 7 heteroatoms. The molecule has 0 aromatic carbocycles. The van der Waals surface area contributed by atoms with Crippen molar-refractivity contribution < 1.29 is 9.59 Å². The van der Waals surface area contributed by atoms with E-state index in [9.17, 15) is 9.59 Å². The Bertz CT molecular complexity index is 861. The zero-order valence-corrected chi connectivity index (χ0v) is 18.6. The molecule has 30 heavy (non-hydrogen) atoms. The van der Waals surface area contributed by atoms with Gasteiger partial charge in [-0.2, -0.15) is 11.3 Å². The highest BCUT2D eigenvalue weighted by Gasteiger charge is 2.57. The van der Waals surface area contributed by atoms with E-state index in [-0.39, 0.29) is 11.9 Å². The summed E-state index contributed by atoms with van der Waals surface area (Å²) in [6.45, 7) is 7.81. The molecule has 0 saturated carbocycles. The summed E-state index contributed by atoms with van der Waals surface area (Å²) in [4.78, 5) is 36.8. The predicted octanol–water partition coefficient (Wildman–Crippen LogP) is 3.99. The largest absolute Gasteiger partial charge is 0.327 e. The molecule has 4 rings (SSSR count). The van der Waals surface area contributed by atoms with E-state index in [2.05, 4.69) is 40.6 Å². The lowest BCUT2D eigenvalue weighted by Crippen LogP contribution is -2.56. The molecular weight excluding hydrogens is 396 g/mol. The van der Waals surface area contributed by atoms with E-state index in [1.165, 1.54) is 10.5 Å². The van der Waals surface area contributed by atoms with Crippen molar-refractivity contribution in [2.45, 2.75) is 51.7 Å². The average molecular weight is 427 g/mol. The van der Waals surface area contributed by atoms with Crippen molar-refractivity contribution in [1.29, 1.82) is 0 Å². The summed E-state index contributed by atoms with van der Waals surface area (Å²) in [5, 5.41) is 4.28. The number of likely N-dealkylation sites (tertiary alicyclic amines) is 1. The molecule has 0 aliphatic carbocycles. The molecule has 6 nitrogen and oxygen atoms in total. The summed E-state index contributed by atoms with van der Waals surface area (Å²) >= 11 is 1.71. The lowest BCUT2D eigenvalue weighted by atomic mass is 9.85. The van der Waals surface area contributed by atoms with Crippen LogP contribution in [0.25, 0.3) is 0 Å². The molecule has 2 aliphatic rings. The topological polar surface area (TPSA) is 56.8 Å². The number of hydrogen-bond donors (Lipinski definition) is 0. The van der Waals surface area contributed by atoms with Crippen LogP contribution in [0.15, 0.2) is 41.4 Å². The van der Waals surface area contributed by atoms with Crippen molar-refractivity contribution in [2.24, 2.45) is 5.92 Å². The molecule has 0 bridgehead atoms. The molecule has 0 radical (unpaired) electrons. The van der Waals surface area contributed by atoms with Gasteiger partial charge in [0.1, 0.15) is 5.54 Å². The van der Waals surface area contributed by atoms with Crippen molar-refractivity contribution in [3.8, 4) is 0 Å². The lowest BCUT2D eigenvalue weighted by Gasteiger charge is -2.42. The molecule has 4 heterocycles. The smallest absolute Gasteiger partial charge is 0.309 e. The summed E-state index contributed by atoms with van der Waals surface area (Å²) in [5.74, 6) is 0.450. The normalized spacial score (nSPS) is 19.4. The fourth-order valence-corrected chi connectivity index (χ4v) is 5.16. The number of hydrogen-bond acceptors (Lipinski definition) is 5. The molecule has 0 N–H and O–H groups in total. The zero-order chi connectivity index (χ0) is 21.1. The van der Waals surface area contributed by atoms with Crippen LogP contribution in [0.3, 0.4) is 0 Å². The van der Waals surface area contributed by atoms with Gasteiger partial charge in [0, 0.05) is 38.6 Å².